The first-order chi connectivity index (χ1) is 9.72. The molecule has 0 saturated carbocycles. The predicted molar refractivity (Wildman–Crippen MR) is 79.0 cm³/mol. The number of carbonyl (C=O) groups is 1. The number of anilines is 1. The van der Waals surface area contributed by atoms with Gasteiger partial charge in [0.05, 0.1) is 0 Å². The molecule has 1 amide bonds. The largest absolute Gasteiger partial charge is 0.376 e. The number of nitrogens with zero attached hydrogens (tertiary/aromatic N) is 3. The van der Waals surface area contributed by atoms with Gasteiger partial charge in [0, 0.05) is 32.0 Å². The second-order valence-electron chi connectivity index (χ2n) is 4.95. The van der Waals surface area contributed by atoms with Gasteiger partial charge in [-0.1, -0.05) is 18.2 Å². The van der Waals surface area contributed by atoms with Crippen molar-refractivity contribution in [2.75, 3.05) is 25.0 Å². The summed E-state index contributed by atoms with van der Waals surface area (Å²) < 4.78 is 0. The highest BCUT2D eigenvalue weighted by atomic mass is 16.2. The monoisotopic (exact) mass is 269 g/mol. The average molecular weight is 269 g/mol. The Morgan fingerprint density at radius 3 is 2.50 bits per heavy atom. The first kappa shape index (κ1) is 14.1. The van der Waals surface area contributed by atoms with Crippen LogP contribution in [0.4, 0.5) is 5.69 Å². The van der Waals surface area contributed by atoms with Crippen molar-refractivity contribution in [3.8, 4) is 6.07 Å². The number of carbonyl (C=O) groups excluding carboxylic acids is 1. The maximum atomic E-state index is 12.4. The highest BCUT2D eigenvalue weighted by Gasteiger charge is 2.18. The molecule has 1 fully saturated rings. The molecule has 0 bridgehead atoms. The summed E-state index contributed by atoms with van der Waals surface area (Å²) in [4.78, 5) is 15.9. The molecule has 1 aliphatic heterocycles. The number of rotatable bonds is 3. The van der Waals surface area contributed by atoms with E-state index in [1.807, 2.05) is 36.4 Å². The van der Waals surface area contributed by atoms with Gasteiger partial charge in [-0.25, -0.2) is 0 Å². The van der Waals surface area contributed by atoms with Gasteiger partial charge in [0.25, 0.3) is 5.91 Å². The summed E-state index contributed by atoms with van der Waals surface area (Å²) in [5, 5.41) is 9.23. The Kier molecular flexibility index (Phi) is 4.78. The van der Waals surface area contributed by atoms with Gasteiger partial charge >= 0.3 is 0 Å². The summed E-state index contributed by atoms with van der Waals surface area (Å²) in [7, 11) is 1.69. The number of likely N-dealkylation sites (tertiary alicyclic amines) is 1. The van der Waals surface area contributed by atoms with Crippen LogP contribution in [0.1, 0.15) is 19.3 Å². The van der Waals surface area contributed by atoms with Crippen LogP contribution in [0, 0.1) is 11.3 Å². The maximum Gasteiger partial charge on any atom is 0.270 e. The van der Waals surface area contributed by atoms with Gasteiger partial charge in [-0.15, -0.1) is 0 Å². The third-order valence-corrected chi connectivity index (χ3v) is 3.50. The molecule has 0 radical (unpaired) electrons. The number of amides is 1. The molecule has 1 aromatic rings. The Morgan fingerprint density at radius 2 is 1.90 bits per heavy atom. The van der Waals surface area contributed by atoms with E-state index in [4.69, 9.17) is 0 Å². The Morgan fingerprint density at radius 1 is 1.25 bits per heavy atom. The summed E-state index contributed by atoms with van der Waals surface area (Å²) in [5.74, 6) is -0.260. The van der Waals surface area contributed by atoms with E-state index >= 15 is 0 Å². The third-order valence-electron chi connectivity index (χ3n) is 3.50. The van der Waals surface area contributed by atoms with Gasteiger partial charge in [-0.3, -0.25) is 4.79 Å². The summed E-state index contributed by atoms with van der Waals surface area (Å²) >= 11 is 0. The fourth-order valence-electron chi connectivity index (χ4n) is 2.31. The van der Waals surface area contributed by atoms with Crippen LogP contribution in [0.5, 0.6) is 0 Å². The van der Waals surface area contributed by atoms with E-state index in [0.29, 0.717) is 0 Å². The molecule has 0 spiro atoms. The van der Waals surface area contributed by atoms with E-state index in [-0.39, 0.29) is 11.5 Å². The van der Waals surface area contributed by atoms with Crippen LogP contribution in [0.2, 0.25) is 0 Å². The molecular formula is C16H19N3O. The SMILES string of the molecule is CN(C(=O)/C(C#N)=C/N1CCCCC1)c1ccccc1. The minimum absolute atomic E-state index is 0.193. The summed E-state index contributed by atoms with van der Waals surface area (Å²) in [6, 6.07) is 11.4. The number of para-hydroxylation sites is 1. The zero-order chi connectivity index (χ0) is 14.4. The van der Waals surface area contributed by atoms with Crippen molar-refractivity contribution < 1.29 is 4.79 Å². The maximum absolute atomic E-state index is 12.4. The third kappa shape index (κ3) is 3.39. The second-order valence-corrected chi connectivity index (χ2v) is 4.95. The lowest BCUT2D eigenvalue weighted by atomic mass is 10.1. The lowest BCUT2D eigenvalue weighted by Crippen LogP contribution is -2.30. The predicted octanol–water partition coefficient (Wildman–Crippen LogP) is 2.54. The van der Waals surface area contributed by atoms with Gasteiger partial charge in [0.15, 0.2) is 0 Å². The minimum Gasteiger partial charge on any atom is -0.376 e. The minimum atomic E-state index is -0.260. The lowest BCUT2D eigenvalue weighted by molar-refractivity contribution is -0.114. The number of hydrogen-bond donors (Lipinski definition) is 0. The molecule has 104 valence electrons. The smallest absolute Gasteiger partial charge is 0.270 e. The van der Waals surface area contributed by atoms with E-state index in [1.165, 1.54) is 11.3 Å². The van der Waals surface area contributed by atoms with E-state index in [1.54, 1.807) is 13.2 Å². The molecule has 1 saturated heterocycles. The molecule has 0 aromatic heterocycles. The topological polar surface area (TPSA) is 47.3 Å². The molecule has 1 aliphatic rings. The molecule has 4 heteroatoms. The number of piperidine rings is 1. The van der Waals surface area contributed by atoms with Crippen LogP contribution in [0.15, 0.2) is 42.1 Å². The lowest BCUT2D eigenvalue weighted by Gasteiger charge is -2.25. The first-order valence-corrected chi connectivity index (χ1v) is 6.91. The number of hydrogen-bond acceptors (Lipinski definition) is 3. The van der Waals surface area contributed by atoms with Crippen LogP contribution in [-0.4, -0.2) is 30.9 Å². The Hall–Kier alpha value is -2.28. The molecular weight excluding hydrogens is 250 g/mol. The Bertz CT molecular complexity index is 524. The summed E-state index contributed by atoms with van der Waals surface area (Å²) in [6.07, 6.45) is 5.18. The molecule has 0 atom stereocenters. The number of likely N-dealkylation sites (N-methyl/N-ethyl adjacent to an activating group) is 1. The van der Waals surface area contributed by atoms with Gasteiger partial charge in [-0.05, 0) is 31.4 Å². The van der Waals surface area contributed by atoms with Crippen LogP contribution in [0.25, 0.3) is 0 Å². The normalized spacial score (nSPS) is 15.6. The molecule has 0 N–H and O–H groups in total. The molecule has 0 aliphatic carbocycles. The highest BCUT2D eigenvalue weighted by molar-refractivity contribution is 6.07. The molecule has 4 nitrogen and oxygen atoms in total. The van der Waals surface area contributed by atoms with Crippen molar-refractivity contribution in [3.05, 3.63) is 42.1 Å². The quantitative estimate of drug-likeness (QED) is 0.626. The van der Waals surface area contributed by atoms with E-state index in [0.717, 1.165) is 31.6 Å². The van der Waals surface area contributed by atoms with Gasteiger partial charge in [0.2, 0.25) is 0 Å². The zero-order valence-electron chi connectivity index (χ0n) is 11.7. The van der Waals surface area contributed by atoms with Crippen molar-refractivity contribution in [1.29, 1.82) is 5.26 Å². The molecule has 20 heavy (non-hydrogen) atoms. The summed E-state index contributed by atoms with van der Waals surface area (Å²) in [5.41, 5.74) is 0.982. The van der Waals surface area contributed by atoms with Crippen LogP contribution in [0.3, 0.4) is 0 Å². The highest BCUT2D eigenvalue weighted by Crippen LogP contribution is 2.15. The van der Waals surface area contributed by atoms with E-state index in [2.05, 4.69) is 4.90 Å². The molecule has 0 unspecified atom stereocenters. The van der Waals surface area contributed by atoms with Gasteiger partial charge in [0.1, 0.15) is 11.6 Å². The van der Waals surface area contributed by atoms with E-state index in [9.17, 15) is 10.1 Å². The average Bonchev–Trinajstić information content (AvgIpc) is 2.53. The zero-order valence-corrected chi connectivity index (χ0v) is 11.7. The van der Waals surface area contributed by atoms with E-state index < -0.39 is 0 Å². The van der Waals surface area contributed by atoms with Crippen LogP contribution in [-0.2, 0) is 4.79 Å². The number of nitriles is 1. The second kappa shape index (κ2) is 6.76. The van der Waals surface area contributed by atoms with Gasteiger partial charge < -0.3 is 9.80 Å². The van der Waals surface area contributed by atoms with Crippen molar-refractivity contribution >= 4 is 11.6 Å². The van der Waals surface area contributed by atoms with Gasteiger partial charge in [-0.2, -0.15) is 5.26 Å². The number of benzene rings is 1. The molecule has 1 aromatic carbocycles. The van der Waals surface area contributed by atoms with Crippen LogP contribution >= 0.6 is 0 Å². The Labute approximate surface area is 119 Å². The van der Waals surface area contributed by atoms with Crippen molar-refractivity contribution in [2.45, 2.75) is 19.3 Å². The standard InChI is InChI=1S/C16H19N3O/c1-18(15-8-4-2-5-9-15)16(20)14(12-17)13-19-10-6-3-7-11-19/h2,4-5,8-9,13H,3,6-7,10-11H2,1H3/b14-13+. The molecule has 1 heterocycles. The first-order valence-electron chi connectivity index (χ1n) is 6.91. The van der Waals surface area contributed by atoms with Crippen molar-refractivity contribution in [1.82, 2.24) is 4.90 Å². The summed E-state index contributed by atoms with van der Waals surface area (Å²) in [6.45, 7) is 1.85. The van der Waals surface area contributed by atoms with Crippen molar-refractivity contribution in [3.63, 3.8) is 0 Å². The fraction of sp³-hybridized carbons (Fsp3) is 0.375. The van der Waals surface area contributed by atoms with Crippen molar-refractivity contribution in [2.24, 2.45) is 0 Å². The fourth-order valence-corrected chi connectivity index (χ4v) is 2.31. The Balaban J connectivity index is 2.13. The molecule has 2 rings (SSSR count). The van der Waals surface area contributed by atoms with Crippen LogP contribution < -0.4 is 4.90 Å².